The molecule has 1 spiro atoms. The molecule has 1 saturated carbocycles. The highest BCUT2D eigenvalue weighted by Gasteiger charge is 2.44. The lowest BCUT2D eigenvalue weighted by Crippen LogP contribution is -2.34. The fraction of sp³-hybridized carbons (Fsp3) is 0.250. The van der Waals surface area contributed by atoms with Gasteiger partial charge in [-0.15, -0.1) is 11.3 Å². The molecule has 0 radical (unpaired) electrons. The van der Waals surface area contributed by atoms with Crippen molar-refractivity contribution in [3.8, 4) is 11.5 Å². The lowest BCUT2D eigenvalue weighted by atomic mass is 10.2. The van der Waals surface area contributed by atoms with Crippen LogP contribution in [0.1, 0.15) is 35.4 Å². The SMILES string of the molecule is O=C(Nc1ccc2c(c1)OC1(CCCC1)O2)c1sc2cc(F)ccc2c1Cl. The van der Waals surface area contributed by atoms with Crippen molar-refractivity contribution in [2.24, 2.45) is 0 Å². The Morgan fingerprint density at radius 2 is 1.89 bits per heavy atom. The van der Waals surface area contributed by atoms with Crippen molar-refractivity contribution in [3.63, 3.8) is 0 Å². The fourth-order valence-electron chi connectivity index (χ4n) is 3.66. The van der Waals surface area contributed by atoms with Gasteiger partial charge in [-0.2, -0.15) is 0 Å². The van der Waals surface area contributed by atoms with E-state index < -0.39 is 5.79 Å². The number of benzene rings is 2. The fourth-order valence-corrected chi connectivity index (χ4v) is 5.10. The first kappa shape index (κ1) is 16.8. The van der Waals surface area contributed by atoms with Crippen LogP contribution in [-0.4, -0.2) is 11.7 Å². The molecule has 7 heteroatoms. The molecule has 1 aliphatic heterocycles. The Kier molecular flexibility index (Phi) is 3.81. The van der Waals surface area contributed by atoms with Crippen LogP contribution in [0, 0.1) is 5.82 Å². The number of nitrogens with one attached hydrogen (secondary N) is 1. The van der Waals surface area contributed by atoms with Gasteiger partial charge in [-0.3, -0.25) is 4.79 Å². The first-order valence-electron chi connectivity index (χ1n) is 8.74. The molecule has 2 aromatic carbocycles. The van der Waals surface area contributed by atoms with Gasteiger partial charge in [-0.1, -0.05) is 11.6 Å². The highest BCUT2D eigenvalue weighted by atomic mass is 35.5. The number of hydrogen-bond donors (Lipinski definition) is 1. The summed E-state index contributed by atoms with van der Waals surface area (Å²) in [5, 5.41) is 3.84. The molecular weight excluding hydrogens is 389 g/mol. The van der Waals surface area contributed by atoms with Crippen LogP contribution < -0.4 is 14.8 Å². The van der Waals surface area contributed by atoms with Gasteiger partial charge in [-0.25, -0.2) is 4.39 Å². The minimum Gasteiger partial charge on any atom is -0.448 e. The Morgan fingerprint density at radius 1 is 1.11 bits per heavy atom. The summed E-state index contributed by atoms with van der Waals surface area (Å²) in [6, 6.07) is 9.64. The molecule has 0 atom stereocenters. The molecular formula is C20H15ClFNO3S. The third kappa shape index (κ3) is 2.84. The van der Waals surface area contributed by atoms with E-state index in [9.17, 15) is 9.18 Å². The zero-order valence-electron chi connectivity index (χ0n) is 14.2. The topological polar surface area (TPSA) is 47.6 Å². The third-order valence-corrected chi connectivity index (χ3v) is 6.61. The van der Waals surface area contributed by atoms with Gasteiger partial charge in [0, 0.05) is 34.7 Å². The molecule has 1 aliphatic carbocycles. The van der Waals surface area contributed by atoms with Crippen LogP contribution in [0.3, 0.4) is 0 Å². The molecule has 0 bridgehead atoms. The summed E-state index contributed by atoms with van der Waals surface area (Å²) in [4.78, 5) is 13.0. The largest absolute Gasteiger partial charge is 0.448 e. The second-order valence-corrected chi connectivity index (χ2v) is 8.25. The third-order valence-electron chi connectivity index (χ3n) is 4.96. The summed E-state index contributed by atoms with van der Waals surface area (Å²) in [6.07, 6.45) is 3.92. The Morgan fingerprint density at radius 3 is 2.70 bits per heavy atom. The Bertz CT molecular complexity index is 1070. The number of halogens is 2. The van der Waals surface area contributed by atoms with Crippen molar-refractivity contribution in [1.82, 2.24) is 0 Å². The van der Waals surface area contributed by atoms with Crippen molar-refractivity contribution in [3.05, 3.63) is 52.1 Å². The average Bonchev–Trinajstić information content (AvgIpc) is 3.32. The Balaban J connectivity index is 1.40. The van der Waals surface area contributed by atoms with Gasteiger partial charge in [0.15, 0.2) is 11.5 Å². The normalized spacial score (nSPS) is 17.0. The quantitative estimate of drug-likeness (QED) is 0.571. The van der Waals surface area contributed by atoms with E-state index in [0.717, 1.165) is 25.7 Å². The molecule has 0 saturated heterocycles. The van der Waals surface area contributed by atoms with E-state index in [2.05, 4.69) is 5.32 Å². The van der Waals surface area contributed by atoms with Gasteiger partial charge < -0.3 is 14.8 Å². The first-order valence-corrected chi connectivity index (χ1v) is 9.93. The van der Waals surface area contributed by atoms with Gasteiger partial charge in [0.25, 0.3) is 11.7 Å². The molecule has 0 unspecified atom stereocenters. The summed E-state index contributed by atoms with van der Waals surface area (Å²) in [7, 11) is 0. The van der Waals surface area contributed by atoms with Crippen LogP contribution in [0.5, 0.6) is 11.5 Å². The van der Waals surface area contributed by atoms with E-state index in [1.54, 1.807) is 24.3 Å². The minimum atomic E-state index is -0.538. The number of carbonyl (C=O) groups excluding carboxylic acids is 1. The number of fused-ring (bicyclic) bond motifs is 2. The van der Waals surface area contributed by atoms with E-state index >= 15 is 0 Å². The van der Waals surface area contributed by atoms with E-state index in [1.807, 2.05) is 0 Å². The second kappa shape index (κ2) is 6.11. The van der Waals surface area contributed by atoms with Crippen molar-refractivity contribution in [2.75, 3.05) is 5.32 Å². The number of anilines is 1. The molecule has 27 heavy (non-hydrogen) atoms. The molecule has 1 aromatic heterocycles. The summed E-state index contributed by atoms with van der Waals surface area (Å²) in [5.74, 6) is 0.105. The second-order valence-electron chi connectivity index (χ2n) is 6.82. The smallest absolute Gasteiger partial charge is 0.267 e. The van der Waals surface area contributed by atoms with Crippen molar-refractivity contribution in [2.45, 2.75) is 31.5 Å². The number of hydrogen-bond acceptors (Lipinski definition) is 4. The predicted octanol–water partition coefficient (Wildman–Crippen LogP) is 5.99. The number of rotatable bonds is 2. The summed E-state index contributed by atoms with van der Waals surface area (Å²) in [5.41, 5.74) is 0.595. The lowest BCUT2D eigenvalue weighted by molar-refractivity contribution is -0.0716. The monoisotopic (exact) mass is 403 g/mol. The molecule has 1 amide bonds. The van der Waals surface area contributed by atoms with Crippen LogP contribution >= 0.6 is 22.9 Å². The minimum absolute atomic E-state index is 0.332. The molecule has 1 N–H and O–H groups in total. The van der Waals surface area contributed by atoms with Crippen LogP contribution in [-0.2, 0) is 0 Å². The summed E-state index contributed by atoms with van der Waals surface area (Å²) in [6.45, 7) is 0. The molecule has 2 aliphatic rings. The predicted molar refractivity (Wildman–Crippen MR) is 104 cm³/mol. The summed E-state index contributed by atoms with van der Waals surface area (Å²) < 4.78 is 26.1. The van der Waals surface area contributed by atoms with Gasteiger partial charge in [-0.05, 0) is 43.2 Å². The van der Waals surface area contributed by atoms with E-state index in [0.29, 0.717) is 37.2 Å². The number of amides is 1. The van der Waals surface area contributed by atoms with E-state index in [4.69, 9.17) is 21.1 Å². The Hall–Kier alpha value is -2.31. The maximum Gasteiger partial charge on any atom is 0.267 e. The molecule has 3 aromatic rings. The van der Waals surface area contributed by atoms with Crippen molar-refractivity contribution >= 4 is 44.6 Å². The Labute approximate surface area is 163 Å². The first-order chi connectivity index (χ1) is 13.0. The summed E-state index contributed by atoms with van der Waals surface area (Å²) >= 11 is 7.49. The zero-order chi connectivity index (χ0) is 18.6. The molecule has 4 nitrogen and oxygen atoms in total. The molecule has 5 rings (SSSR count). The average molecular weight is 404 g/mol. The van der Waals surface area contributed by atoms with Crippen LogP contribution in [0.25, 0.3) is 10.1 Å². The van der Waals surface area contributed by atoms with Crippen LogP contribution in [0.4, 0.5) is 10.1 Å². The van der Waals surface area contributed by atoms with Crippen molar-refractivity contribution in [1.29, 1.82) is 0 Å². The van der Waals surface area contributed by atoms with Gasteiger partial charge in [0.05, 0.1) is 5.02 Å². The molecule has 138 valence electrons. The van der Waals surface area contributed by atoms with Gasteiger partial charge >= 0.3 is 0 Å². The highest BCUT2D eigenvalue weighted by molar-refractivity contribution is 7.21. The maximum absolute atomic E-state index is 13.4. The van der Waals surface area contributed by atoms with E-state index in [-0.39, 0.29) is 11.7 Å². The maximum atomic E-state index is 13.4. The number of ether oxygens (including phenoxy) is 2. The highest BCUT2D eigenvalue weighted by Crippen LogP contribution is 2.47. The molecule has 2 heterocycles. The lowest BCUT2D eigenvalue weighted by Gasteiger charge is -2.21. The zero-order valence-corrected chi connectivity index (χ0v) is 15.8. The van der Waals surface area contributed by atoms with E-state index in [1.165, 1.54) is 23.5 Å². The van der Waals surface area contributed by atoms with Gasteiger partial charge in [0.1, 0.15) is 10.7 Å². The van der Waals surface area contributed by atoms with Gasteiger partial charge in [0.2, 0.25) is 0 Å². The van der Waals surface area contributed by atoms with Crippen molar-refractivity contribution < 1.29 is 18.7 Å². The number of thiophene rings is 1. The van der Waals surface area contributed by atoms with Crippen LogP contribution in [0.2, 0.25) is 5.02 Å². The molecule has 1 fully saturated rings. The van der Waals surface area contributed by atoms with Crippen LogP contribution in [0.15, 0.2) is 36.4 Å². The standard InChI is InChI=1S/C20H15ClFNO3S/c21-17-13-5-3-11(22)9-16(13)27-18(17)19(24)23-12-4-6-14-15(10-12)26-20(25-14)7-1-2-8-20/h3-6,9-10H,1-2,7-8H2,(H,23,24). The number of carbonyl (C=O) groups is 1.